The lowest BCUT2D eigenvalue weighted by Crippen LogP contribution is -2.08. The quantitative estimate of drug-likeness (QED) is 0.789. The van der Waals surface area contributed by atoms with Gasteiger partial charge in [0.15, 0.2) is 0 Å². The summed E-state index contributed by atoms with van der Waals surface area (Å²) in [5, 5.41) is 11.9. The van der Waals surface area contributed by atoms with Crippen LogP contribution in [0.4, 0.5) is 5.69 Å². The van der Waals surface area contributed by atoms with Gasteiger partial charge in [0.25, 0.3) is 0 Å². The second-order valence-electron chi connectivity index (χ2n) is 4.75. The van der Waals surface area contributed by atoms with E-state index in [1.54, 1.807) is 12.3 Å². The molecule has 1 aromatic carbocycles. The maximum Gasteiger partial charge on any atom is 0.140 e. The van der Waals surface area contributed by atoms with E-state index in [0.717, 1.165) is 18.7 Å². The lowest BCUT2D eigenvalue weighted by atomic mass is 10.1. The summed E-state index contributed by atoms with van der Waals surface area (Å²) in [6.07, 6.45) is 2.70. The highest BCUT2D eigenvalue weighted by molar-refractivity contribution is 5.42. The number of pyridine rings is 1. The molecule has 0 amide bonds. The summed E-state index contributed by atoms with van der Waals surface area (Å²) < 4.78 is 5.80. The second-order valence-corrected chi connectivity index (χ2v) is 4.75. The minimum atomic E-state index is 0.114. The number of anilines is 1. The Hall–Kier alpha value is -2.38. The Kier molecular flexibility index (Phi) is 5.74. The molecule has 0 aliphatic heterocycles. The third kappa shape index (κ3) is 4.90. The van der Waals surface area contributed by atoms with Gasteiger partial charge in [0.1, 0.15) is 11.8 Å². The molecule has 1 aromatic heterocycles. The Morgan fingerprint density at radius 1 is 1.24 bits per heavy atom. The minimum absolute atomic E-state index is 0.114. The standard InChI is InChI=1S/C17H19N3O/c1-14(15-6-3-2-4-7-15)21-11-5-10-19-17-9-8-16(12-18)20-13-17/h2-4,6-9,13-14,19H,5,10-11H2,1H3. The van der Waals surface area contributed by atoms with Crippen LogP contribution in [0.3, 0.4) is 0 Å². The van der Waals surface area contributed by atoms with Gasteiger partial charge in [-0.2, -0.15) is 5.26 Å². The fourth-order valence-corrected chi connectivity index (χ4v) is 1.95. The number of hydrogen-bond acceptors (Lipinski definition) is 4. The van der Waals surface area contributed by atoms with Crippen LogP contribution in [-0.2, 0) is 4.74 Å². The van der Waals surface area contributed by atoms with Crippen molar-refractivity contribution in [3.05, 3.63) is 59.9 Å². The van der Waals surface area contributed by atoms with Crippen LogP contribution in [0.15, 0.2) is 48.7 Å². The fraction of sp³-hybridized carbons (Fsp3) is 0.294. The number of aromatic nitrogens is 1. The Morgan fingerprint density at radius 3 is 2.71 bits per heavy atom. The van der Waals surface area contributed by atoms with E-state index in [9.17, 15) is 0 Å². The van der Waals surface area contributed by atoms with Crippen LogP contribution >= 0.6 is 0 Å². The Labute approximate surface area is 125 Å². The van der Waals surface area contributed by atoms with Crippen molar-refractivity contribution in [1.29, 1.82) is 5.26 Å². The highest BCUT2D eigenvalue weighted by atomic mass is 16.5. The van der Waals surface area contributed by atoms with Gasteiger partial charge in [0.2, 0.25) is 0 Å². The molecule has 0 saturated carbocycles. The van der Waals surface area contributed by atoms with E-state index < -0.39 is 0 Å². The van der Waals surface area contributed by atoms with Crippen molar-refractivity contribution in [2.75, 3.05) is 18.5 Å². The molecule has 1 unspecified atom stereocenters. The summed E-state index contributed by atoms with van der Waals surface area (Å²) in [5.41, 5.74) is 2.55. The number of nitrogens with one attached hydrogen (secondary N) is 1. The first-order valence-electron chi connectivity index (χ1n) is 7.06. The Bertz CT molecular complexity index is 575. The molecule has 0 bridgehead atoms. The topological polar surface area (TPSA) is 57.9 Å². The first kappa shape index (κ1) is 15.0. The van der Waals surface area contributed by atoms with Crippen LogP contribution in [0.1, 0.15) is 30.7 Å². The maximum absolute atomic E-state index is 8.67. The molecule has 21 heavy (non-hydrogen) atoms. The van der Waals surface area contributed by atoms with Gasteiger partial charge in [-0.1, -0.05) is 30.3 Å². The predicted octanol–water partition coefficient (Wildman–Crippen LogP) is 3.53. The van der Waals surface area contributed by atoms with Gasteiger partial charge >= 0.3 is 0 Å². The van der Waals surface area contributed by atoms with E-state index in [1.807, 2.05) is 30.3 Å². The van der Waals surface area contributed by atoms with Crippen LogP contribution in [-0.4, -0.2) is 18.1 Å². The molecule has 4 nitrogen and oxygen atoms in total. The van der Waals surface area contributed by atoms with E-state index in [-0.39, 0.29) is 6.10 Å². The average molecular weight is 281 g/mol. The summed E-state index contributed by atoms with van der Waals surface area (Å²) in [7, 11) is 0. The summed E-state index contributed by atoms with van der Waals surface area (Å²) in [6, 6.07) is 15.8. The number of nitrogens with zero attached hydrogens (tertiary/aromatic N) is 2. The lowest BCUT2D eigenvalue weighted by molar-refractivity contribution is 0.0656. The smallest absolute Gasteiger partial charge is 0.140 e. The van der Waals surface area contributed by atoms with Gasteiger partial charge in [0.05, 0.1) is 18.0 Å². The van der Waals surface area contributed by atoms with Gasteiger partial charge in [0, 0.05) is 13.2 Å². The molecule has 0 fully saturated rings. The van der Waals surface area contributed by atoms with Crippen LogP contribution in [0.5, 0.6) is 0 Å². The van der Waals surface area contributed by atoms with Crippen LogP contribution in [0.25, 0.3) is 0 Å². The number of ether oxygens (including phenoxy) is 1. The van der Waals surface area contributed by atoms with Gasteiger partial charge in [-0.3, -0.25) is 0 Å². The largest absolute Gasteiger partial charge is 0.384 e. The van der Waals surface area contributed by atoms with E-state index in [0.29, 0.717) is 12.3 Å². The van der Waals surface area contributed by atoms with Gasteiger partial charge in [-0.15, -0.1) is 0 Å². The van der Waals surface area contributed by atoms with Crippen molar-refractivity contribution in [2.24, 2.45) is 0 Å². The molecular formula is C17H19N3O. The minimum Gasteiger partial charge on any atom is -0.384 e. The summed E-state index contributed by atoms with van der Waals surface area (Å²) >= 11 is 0. The third-order valence-electron chi connectivity index (χ3n) is 3.17. The third-order valence-corrected chi connectivity index (χ3v) is 3.17. The van der Waals surface area contributed by atoms with E-state index in [1.165, 1.54) is 5.56 Å². The van der Waals surface area contributed by atoms with Gasteiger partial charge < -0.3 is 10.1 Å². The zero-order chi connectivity index (χ0) is 14.9. The molecule has 1 N–H and O–H groups in total. The van der Waals surface area contributed by atoms with E-state index in [4.69, 9.17) is 10.00 Å². The molecule has 2 aromatic rings. The molecule has 4 heteroatoms. The van der Waals surface area contributed by atoms with Crippen molar-refractivity contribution in [3.8, 4) is 6.07 Å². The number of benzene rings is 1. The molecule has 0 radical (unpaired) electrons. The zero-order valence-corrected chi connectivity index (χ0v) is 12.1. The summed E-state index contributed by atoms with van der Waals surface area (Å²) in [6.45, 7) is 3.58. The molecule has 2 rings (SSSR count). The van der Waals surface area contributed by atoms with Crippen molar-refractivity contribution in [3.63, 3.8) is 0 Å². The van der Waals surface area contributed by atoms with E-state index in [2.05, 4.69) is 29.4 Å². The monoisotopic (exact) mass is 281 g/mol. The Balaban J connectivity index is 1.65. The highest BCUT2D eigenvalue weighted by Gasteiger charge is 2.03. The first-order chi connectivity index (χ1) is 10.3. The summed E-state index contributed by atoms with van der Waals surface area (Å²) in [4.78, 5) is 4.01. The highest BCUT2D eigenvalue weighted by Crippen LogP contribution is 2.15. The van der Waals surface area contributed by atoms with Gasteiger partial charge in [-0.05, 0) is 31.0 Å². The van der Waals surface area contributed by atoms with Crippen molar-refractivity contribution in [1.82, 2.24) is 4.98 Å². The Morgan fingerprint density at radius 2 is 2.05 bits per heavy atom. The molecule has 0 spiro atoms. The molecule has 0 aliphatic rings. The number of nitriles is 1. The summed E-state index contributed by atoms with van der Waals surface area (Å²) in [5.74, 6) is 0. The lowest BCUT2D eigenvalue weighted by Gasteiger charge is -2.13. The molecule has 1 atom stereocenters. The molecule has 0 saturated heterocycles. The number of hydrogen-bond donors (Lipinski definition) is 1. The van der Waals surface area contributed by atoms with Crippen LogP contribution in [0.2, 0.25) is 0 Å². The molecular weight excluding hydrogens is 262 g/mol. The average Bonchev–Trinajstić information content (AvgIpc) is 2.55. The molecule has 1 heterocycles. The second kappa shape index (κ2) is 8.03. The van der Waals surface area contributed by atoms with Gasteiger partial charge in [-0.25, -0.2) is 4.98 Å². The predicted molar refractivity (Wildman–Crippen MR) is 82.9 cm³/mol. The number of rotatable bonds is 7. The zero-order valence-electron chi connectivity index (χ0n) is 12.1. The van der Waals surface area contributed by atoms with Crippen LogP contribution < -0.4 is 5.32 Å². The normalized spacial score (nSPS) is 11.6. The molecule has 108 valence electrons. The van der Waals surface area contributed by atoms with Crippen molar-refractivity contribution < 1.29 is 4.74 Å². The maximum atomic E-state index is 8.67. The fourth-order valence-electron chi connectivity index (χ4n) is 1.95. The van der Waals surface area contributed by atoms with Crippen molar-refractivity contribution in [2.45, 2.75) is 19.4 Å². The van der Waals surface area contributed by atoms with Crippen LogP contribution in [0, 0.1) is 11.3 Å². The first-order valence-corrected chi connectivity index (χ1v) is 7.06. The van der Waals surface area contributed by atoms with Crippen molar-refractivity contribution >= 4 is 5.69 Å². The van der Waals surface area contributed by atoms with E-state index >= 15 is 0 Å². The SMILES string of the molecule is CC(OCCCNc1ccc(C#N)nc1)c1ccccc1. The molecule has 0 aliphatic carbocycles.